The molecule has 4 heterocycles. The summed E-state index contributed by atoms with van der Waals surface area (Å²) >= 11 is 0. The molecule has 10 nitrogen and oxygen atoms in total. The van der Waals surface area contributed by atoms with Crippen LogP contribution in [0.3, 0.4) is 0 Å². The van der Waals surface area contributed by atoms with Crippen LogP contribution < -0.4 is 15.0 Å². The Morgan fingerprint density at radius 2 is 2.00 bits per heavy atom. The average molecular weight is 561 g/mol. The number of carbonyl (C=O) groups excluding carboxylic acids is 1. The monoisotopic (exact) mass is 560 g/mol. The van der Waals surface area contributed by atoms with E-state index in [2.05, 4.69) is 54.1 Å². The number of hydrogen-bond acceptors (Lipinski definition) is 9. The van der Waals surface area contributed by atoms with Crippen molar-refractivity contribution < 1.29 is 13.9 Å². The number of halogens is 1. The first-order chi connectivity index (χ1) is 19.9. The van der Waals surface area contributed by atoms with Gasteiger partial charge in [-0.1, -0.05) is 13.8 Å². The number of anilines is 1. The van der Waals surface area contributed by atoms with E-state index in [4.69, 9.17) is 4.74 Å². The van der Waals surface area contributed by atoms with Crippen LogP contribution in [0.1, 0.15) is 57.6 Å². The molecule has 0 radical (unpaired) electrons. The minimum atomic E-state index is -0.360. The van der Waals surface area contributed by atoms with Crippen molar-refractivity contribution in [2.75, 3.05) is 38.1 Å². The molecule has 0 unspecified atom stereocenters. The molecule has 2 saturated heterocycles. The SMILES string of the molecule is CNC(=O)CC[C@H](C(C)C)N1CC2(CCN(c3ncnnc3Oc3ccc(F)cc3-c3cncnc3C3CC3)C2)C1. The topological polar surface area (TPSA) is 109 Å². The van der Waals surface area contributed by atoms with Gasteiger partial charge in [0.1, 0.15) is 24.2 Å². The zero-order valence-corrected chi connectivity index (χ0v) is 23.9. The summed E-state index contributed by atoms with van der Waals surface area (Å²) in [6.07, 6.45) is 9.28. The van der Waals surface area contributed by atoms with Crippen molar-refractivity contribution in [2.45, 2.75) is 57.9 Å². The van der Waals surface area contributed by atoms with Crippen molar-refractivity contribution in [1.29, 1.82) is 0 Å². The minimum absolute atomic E-state index is 0.0922. The van der Waals surface area contributed by atoms with Crippen LogP contribution in [0.2, 0.25) is 0 Å². The predicted octanol–water partition coefficient (Wildman–Crippen LogP) is 4.20. The summed E-state index contributed by atoms with van der Waals surface area (Å²) in [6.45, 7) is 8.13. The zero-order chi connectivity index (χ0) is 28.6. The number of carbonyl (C=O) groups is 1. The molecule has 1 aromatic carbocycles. The largest absolute Gasteiger partial charge is 0.434 e. The minimum Gasteiger partial charge on any atom is -0.434 e. The van der Waals surface area contributed by atoms with Gasteiger partial charge in [-0.05, 0) is 49.8 Å². The highest BCUT2D eigenvalue weighted by Gasteiger charge is 2.50. The van der Waals surface area contributed by atoms with Crippen molar-refractivity contribution in [1.82, 2.24) is 35.4 Å². The highest BCUT2D eigenvalue weighted by molar-refractivity contribution is 5.75. The van der Waals surface area contributed by atoms with Crippen molar-refractivity contribution in [2.24, 2.45) is 11.3 Å². The first-order valence-electron chi connectivity index (χ1n) is 14.5. The lowest BCUT2D eigenvalue weighted by Gasteiger charge is -2.52. The molecular formula is C30H37FN8O2. The summed E-state index contributed by atoms with van der Waals surface area (Å²) in [7, 11) is 1.69. The smallest absolute Gasteiger partial charge is 0.282 e. The molecule has 3 aromatic rings. The standard InChI is InChI=1S/C30H37FN8O2/c1-19(2)24(7-9-26(40)32-3)39-15-30(16-39)10-11-38(14-30)28-29(37-36-18-35-28)41-25-8-6-21(31)12-22(25)23-13-33-17-34-27(23)20-4-5-20/h6,8,12-13,17-20,24H,4-5,7,9-11,14-16H2,1-3H3,(H,32,40)/t24-/m1/s1. The molecular weight excluding hydrogens is 523 g/mol. The Labute approximate surface area is 239 Å². The maximum atomic E-state index is 14.5. The third kappa shape index (κ3) is 5.72. The van der Waals surface area contributed by atoms with Crippen LogP contribution in [0.4, 0.5) is 10.2 Å². The van der Waals surface area contributed by atoms with Gasteiger partial charge in [-0.2, -0.15) is 0 Å². The van der Waals surface area contributed by atoms with E-state index >= 15 is 0 Å². The molecule has 1 N–H and O–H groups in total. The molecule has 6 rings (SSSR count). The Morgan fingerprint density at radius 1 is 1.17 bits per heavy atom. The molecule has 3 fully saturated rings. The van der Waals surface area contributed by atoms with Crippen LogP contribution in [0.5, 0.6) is 11.6 Å². The van der Waals surface area contributed by atoms with Gasteiger partial charge in [0.15, 0.2) is 5.82 Å². The number of likely N-dealkylation sites (tertiary alicyclic amines) is 1. The maximum Gasteiger partial charge on any atom is 0.282 e. The van der Waals surface area contributed by atoms with Gasteiger partial charge in [0.05, 0.1) is 5.69 Å². The molecule has 11 heteroatoms. The average Bonchev–Trinajstić information content (AvgIpc) is 3.71. The van der Waals surface area contributed by atoms with E-state index in [0.717, 1.165) is 63.1 Å². The van der Waals surface area contributed by atoms with E-state index in [9.17, 15) is 9.18 Å². The molecule has 3 aliphatic rings. The van der Waals surface area contributed by atoms with Gasteiger partial charge >= 0.3 is 0 Å². The van der Waals surface area contributed by atoms with E-state index in [1.165, 1.54) is 24.8 Å². The lowest BCUT2D eigenvalue weighted by atomic mass is 9.76. The van der Waals surface area contributed by atoms with Crippen LogP contribution in [0, 0.1) is 17.2 Å². The van der Waals surface area contributed by atoms with Crippen LogP contribution in [0.15, 0.2) is 37.1 Å². The molecule has 1 aliphatic carbocycles. The highest BCUT2D eigenvalue weighted by atomic mass is 19.1. The second-order valence-electron chi connectivity index (χ2n) is 12.0. The molecule has 2 aromatic heterocycles. The van der Waals surface area contributed by atoms with Crippen molar-refractivity contribution in [3.05, 3.63) is 48.6 Å². The molecule has 2 aliphatic heterocycles. The summed E-state index contributed by atoms with van der Waals surface area (Å²) < 4.78 is 20.8. The van der Waals surface area contributed by atoms with Gasteiger partial charge in [0, 0.05) is 74.3 Å². The lowest BCUT2D eigenvalue weighted by Crippen LogP contribution is -2.62. The third-order valence-electron chi connectivity index (χ3n) is 8.72. The number of benzene rings is 1. The fraction of sp³-hybridized carbons (Fsp3) is 0.533. The van der Waals surface area contributed by atoms with E-state index in [-0.39, 0.29) is 17.1 Å². The molecule has 1 atom stereocenters. The number of rotatable bonds is 10. The number of ether oxygens (including phenoxy) is 1. The van der Waals surface area contributed by atoms with Gasteiger partial charge in [-0.25, -0.2) is 19.3 Å². The molecule has 1 spiro atoms. The first-order valence-corrected chi connectivity index (χ1v) is 14.5. The normalized spacial score (nSPS) is 18.9. The first kappa shape index (κ1) is 27.4. The molecule has 41 heavy (non-hydrogen) atoms. The third-order valence-corrected chi connectivity index (χ3v) is 8.72. The van der Waals surface area contributed by atoms with Gasteiger partial charge < -0.3 is 15.0 Å². The Bertz CT molecular complexity index is 1410. The Hall–Kier alpha value is -3.73. The second kappa shape index (κ2) is 11.3. The van der Waals surface area contributed by atoms with E-state index in [0.29, 0.717) is 47.3 Å². The quantitative estimate of drug-likeness (QED) is 0.390. The van der Waals surface area contributed by atoms with E-state index in [1.807, 2.05) is 0 Å². The fourth-order valence-corrected chi connectivity index (χ4v) is 6.44. The Kier molecular flexibility index (Phi) is 7.54. The summed E-state index contributed by atoms with van der Waals surface area (Å²) in [5.41, 5.74) is 2.45. The summed E-state index contributed by atoms with van der Waals surface area (Å²) in [4.78, 5) is 29.9. The Morgan fingerprint density at radius 3 is 2.76 bits per heavy atom. The number of hydrogen-bond donors (Lipinski definition) is 1. The zero-order valence-electron chi connectivity index (χ0n) is 23.9. The summed E-state index contributed by atoms with van der Waals surface area (Å²) in [5.74, 6) is 1.96. The van der Waals surface area contributed by atoms with Gasteiger partial charge in [-0.3, -0.25) is 9.69 Å². The van der Waals surface area contributed by atoms with Gasteiger partial charge in [-0.15, -0.1) is 10.2 Å². The summed E-state index contributed by atoms with van der Waals surface area (Å²) in [5, 5.41) is 11.0. The van der Waals surface area contributed by atoms with Crippen LogP contribution in [0.25, 0.3) is 11.1 Å². The van der Waals surface area contributed by atoms with Crippen molar-refractivity contribution >= 4 is 11.7 Å². The molecule has 0 bridgehead atoms. The molecule has 1 saturated carbocycles. The highest BCUT2D eigenvalue weighted by Crippen LogP contribution is 2.47. The van der Waals surface area contributed by atoms with Crippen molar-refractivity contribution in [3.63, 3.8) is 0 Å². The maximum absolute atomic E-state index is 14.5. The number of nitrogens with one attached hydrogen (secondary N) is 1. The predicted molar refractivity (Wildman–Crippen MR) is 152 cm³/mol. The van der Waals surface area contributed by atoms with E-state index in [1.54, 1.807) is 19.3 Å². The molecule has 1 amide bonds. The lowest BCUT2D eigenvalue weighted by molar-refractivity contribution is -0.121. The van der Waals surface area contributed by atoms with Crippen LogP contribution >= 0.6 is 0 Å². The molecule has 216 valence electrons. The summed E-state index contributed by atoms with van der Waals surface area (Å²) in [6, 6.07) is 4.84. The second-order valence-corrected chi connectivity index (χ2v) is 12.0. The number of amides is 1. The fourth-order valence-electron chi connectivity index (χ4n) is 6.44. The van der Waals surface area contributed by atoms with Gasteiger partial charge in [0.25, 0.3) is 5.88 Å². The van der Waals surface area contributed by atoms with Crippen LogP contribution in [-0.2, 0) is 4.79 Å². The van der Waals surface area contributed by atoms with Crippen LogP contribution in [-0.4, -0.2) is 75.2 Å². The van der Waals surface area contributed by atoms with Gasteiger partial charge in [0.2, 0.25) is 5.91 Å². The van der Waals surface area contributed by atoms with Crippen molar-refractivity contribution in [3.8, 4) is 22.8 Å². The Balaban J connectivity index is 1.19. The van der Waals surface area contributed by atoms with E-state index < -0.39 is 0 Å². The number of nitrogens with zero attached hydrogens (tertiary/aromatic N) is 7. The number of aromatic nitrogens is 5.